The highest BCUT2D eigenvalue weighted by molar-refractivity contribution is 7.13. The predicted molar refractivity (Wildman–Crippen MR) is 111 cm³/mol. The van der Waals surface area contributed by atoms with Gasteiger partial charge in [0.1, 0.15) is 16.5 Å². The van der Waals surface area contributed by atoms with Crippen molar-refractivity contribution in [3.63, 3.8) is 0 Å². The first kappa shape index (κ1) is 16.7. The number of aryl methyl sites for hydroxylation is 1. The molecule has 6 nitrogen and oxygen atoms in total. The monoisotopic (exact) mass is 387 g/mol. The molecule has 0 saturated carbocycles. The molecule has 0 aliphatic heterocycles. The van der Waals surface area contributed by atoms with Gasteiger partial charge in [0.2, 0.25) is 0 Å². The molecular formula is C21H17N5OS. The number of benzene rings is 2. The number of carbonyl (C=O) groups excluding carboxylic acids is 1. The fourth-order valence-corrected chi connectivity index (χ4v) is 4.18. The average Bonchev–Trinajstić information content (AvgIpc) is 3.43. The highest BCUT2D eigenvalue weighted by Gasteiger charge is 2.15. The SMILES string of the molecule is Cn1c(-c2nc(C(=O)NCc3nc4ccccc4[nH]3)cs2)cc2ccccc21. The van der Waals surface area contributed by atoms with Crippen LogP contribution in [0.15, 0.2) is 60.0 Å². The van der Waals surface area contributed by atoms with Crippen LogP contribution >= 0.6 is 11.3 Å². The Bertz CT molecular complexity index is 1280. The number of thiazole rings is 1. The largest absolute Gasteiger partial charge is 0.343 e. The summed E-state index contributed by atoms with van der Waals surface area (Å²) in [5.41, 5.74) is 4.41. The second kappa shape index (κ2) is 6.61. The molecule has 0 unspecified atom stereocenters. The maximum atomic E-state index is 12.5. The Hall–Kier alpha value is -3.45. The number of nitrogens with zero attached hydrogens (tertiary/aromatic N) is 3. The number of H-pyrrole nitrogens is 1. The Balaban J connectivity index is 1.35. The number of hydrogen-bond acceptors (Lipinski definition) is 4. The lowest BCUT2D eigenvalue weighted by Crippen LogP contribution is -2.23. The molecule has 7 heteroatoms. The first-order valence-corrected chi connectivity index (χ1v) is 9.79. The fraction of sp³-hybridized carbons (Fsp3) is 0.0952. The molecule has 5 rings (SSSR count). The van der Waals surface area contributed by atoms with Gasteiger partial charge < -0.3 is 14.9 Å². The summed E-state index contributed by atoms with van der Waals surface area (Å²) >= 11 is 1.47. The minimum absolute atomic E-state index is 0.207. The van der Waals surface area contributed by atoms with Gasteiger partial charge in [-0.2, -0.15) is 0 Å². The Morgan fingerprint density at radius 2 is 1.96 bits per heavy atom. The fourth-order valence-electron chi connectivity index (χ4n) is 3.33. The number of rotatable bonds is 4. The second-order valence-electron chi connectivity index (χ2n) is 6.57. The van der Waals surface area contributed by atoms with Gasteiger partial charge in [-0.25, -0.2) is 9.97 Å². The zero-order valence-corrected chi connectivity index (χ0v) is 16.0. The van der Waals surface area contributed by atoms with Crippen LogP contribution < -0.4 is 5.32 Å². The Kier molecular flexibility index (Phi) is 3.95. The van der Waals surface area contributed by atoms with Crippen molar-refractivity contribution in [2.24, 2.45) is 7.05 Å². The summed E-state index contributed by atoms with van der Waals surface area (Å²) in [6, 6.07) is 18.1. The highest BCUT2D eigenvalue weighted by Crippen LogP contribution is 2.29. The van der Waals surface area contributed by atoms with E-state index < -0.39 is 0 Å². The molecule has 3 aromatic heterocycles. The minimum Gasteiger partial charge on any atom is -0.343 e. The highest BCUT2D eigenvalue weighted by atomic mass is 32.1. The predicted octanol–water partition coefficient (Wildman–Crippen LogP) is 4.11. The van der Waals surface area contributed by atoms with Gasteiger partial charge in [-0.15, -0.1) is 11.3 Å². The van der Waals surface area contributed by atoms with E-state index in [1.54, 1.807) is 5.38 Å². The van der Waals surface area contributed by atoms with Crippen LogP contribution in [0.3, 0.4) is 0 Å². The first-order chi connectivity index (χ1) is 13.7. The number of fused-ring (bicyclic) bond motifs is 2. The molecular weight excluding hydrogens is 370 g/mol. The first-order valence-electron chi connectivity index (χ1n) is 8.91. The maximum Gasteiger partial charge on any atom is 0.271 e. The van der Waals surface area contributed by atoms with Gasteiger partial charge in [0.05, 0.1) is 23.3 Å². The van der Waals surface area contributed by atoms with E-state index in [1.807, 2.05) is 43.4 Å². The lowest BCUT2D eigenvalue weighted by Gasteiger charge is -2.01. The molecule has 2 N–H and O–H groups in total. The summed E-state index contributed by atoms with van der Waals surface area (Å²) in [4.78, 5) is 24.8. The van der Waals surface area contributed by atoms with Gasteiger partial charge in [-0.05, 0) is 24.3 Å². The van der Waals surface area contributed by atoms with Gasteiger partial charge in [-0.3, -0.25) is 4.79 Å². The van der Waals surface area contributed by atoms with E-state index in [2.05, 4.69) is 43.0 Å². The molecule has 1 amide bonds. The standard InChI is InChI=1S/C21H17N5OS/c1-26-17-9-5-2-6-13(17)10-18(26)21-25-16(12-28-21)20(27)22-11-19-23-14-7-3-4-8-15(14)24-19/h2-10,12H,11H2,1H3,(H,22,27)(H,23,24). The van der Waals surface area contributed by atoms with Crippen LogP contribution in [0.2, 0.25) is 0 Å². The third kappa shape index (κ3) is 2.86. The van der Waals surface area contributed by atoms with Gasteiger partial charge in [0.15, 0.2) is 0 Å². The van der Waals surface area contributed by atoms with Gasteiger partial charge in [0.25, 0.3) is 5.91 Å². The van der Waals surface area contributed by atoms with Crippen molar-refractivity contribution < 1.29 is 4.79 Å². The molecule has 0 atom stereocenters. The zero-order chi connectivity index (χ0) is 19.1. The summed E-state index contributed by atoms with van der Waals surface area (Å²) in [6.45, 7) is 0.328. The third-order valence-corrected chi connectivity index (χ3v) is 5.63. The van der Waals surface area contributed by atoms with E-state index >= 15 is 0 Å². The van der Waals surface area contributed by atoms with Crippen LogP contribution in [0.25, 0.3) is 32.6 Å². The molecule has 0 aliphatic rings. The van der Waals surface area contributed by atoms with Crippen LogP contribution in [0, 0.1) is 0 Å². The van der Waals surface area contributed by atoms with Crippen molar-refractivity contribution >= 4 is 39.2 Å². The number of aromatic amines is 1. The van der Waals surface area contributed by atoms with Crippen LogP contribution in [0.1, 0.15) is 16.3 Å². The molecule has 0 bridgehead atoms. The Morgan fingerprint density at radius 3 is 2.82 bits per heavy atom. The summed E-state index contributed by atoms with van der Waals surface area (Å²) in [5.74, 6) is 0.514. The zero-order valence-electron chi connectivity index (χ0n) is 15.1. The molecule has 28 heavy (non-hydrogen) atoms. The van der Waals surface area contributed by atoms with E-state index in [-0.39, 0.29) is 5.91 Å². The molecule has 0 spiro atoms. The molecule has 2 aromatic carbocycles. The number of nitrogens with one attached hydrogen (secondary N) is 2. The number of para-hydroxylation sites is 3. The van der Waals surface area contributed by atoms with Crippen molar-refractivity contribution in [3.05, 3.63) is 71.5 Å². The topological polar surface area (TPSA) is 75.6 Å². The Morgan fingerprint density at radius 1 is 1.14 bits per heavy atom. The van der Waals surface area contributed by atoms with Gasteiger partial charge >= 0.3 is 0 Å². The maximum absolute atomic E-state index is 12.5. The third-order valence-electron chi connectivity index (χ3n) is 4.76. The lowest BCUT2D eigenvalue weighted by atomic mass is 10.2. The van der Waals surface area contributed by atoms with E-state index in [0.717, 1.165) is 38.5 Å². The number of aromatic nitrogens is 4. The number of hydrogen-bond donors (Lipinski definition) is 2. The van der Waals surface area contributed by atoms with Crippen LogP contribution in [-0.4, -0.2) is 25.4 Å². The lowest BCUT2D eigenvalue weighted by molar-refractivity contribution is 0.0946. The molecule has 138 valence electrons. The Labute approximate surface area is 164 Å². The summed E-state index contributed by atoms with van der Waals surface area (Å²) < 4.78 is 2.10. The molecule has 0 radical (unpaired) electrons. The molecule has 3 heterocycles. The number of amides is 1. The number of imidazole rings is 1. The molecule has 5 aromatic rings. The smallest absolute Gasteiger partial charge is 0.271 e. The minimum atomic E-state index is -0.207. The molecule has 0 aliphatic carbocycles. The summed E-state index contributed by atoms with van der Waals surface area (Å²) in [7, 11) is 2.01. The van der Waals surface area contributed by atoms with Gasteiger partial charge in [-0.1, -0.05) is 30.3 Å². The van der Waals surface area contributed by atoms with Crippen LogP contribution in [0.5, 0.6) is 0 Å². The van der Waals surface area contributed by atoms with Crippen LogP contribution in [0.4, 0.5) is 0 Å². The van der Waals surface area contributed by atoms with Crippen molar-refractivity contribution in [2.75, 3.05) is 0 Å². The van der Waals surface area contributed by atoms with Crippen LogP contribution in [-0.2, 0) is 13.6 Å². The molecule has 0 fully saturated rings. The summed E-state index contributed by atoms with van der Waals surface area (Å²) in [5, 5.41) is 6.66. The van der Waals surface area contributed by atoms with Crippen molar-refractivity contribution in [1.82, 2.24) is 24.8 Å². The van der Waals surface area contributed by atoms with E-state index in [9.17, 15) is 4.79 Å². The second-order valence-corrected chi connectivity index (χ2v) is 7.43. The van der Waals surface area contributed by atoms with E-state index in [4.69, 9.17) is 0 Å². The average molecular weight is 387 g/mol. The quantitative estimate of drug-likeness (QED) is 0.487. The van der Waals surface area contributed by atoms with Crippen molar-refractivity contribution in [2.45, 2.75) is 6.54 Å². The molecule has 0 saturated heterocycles. The van der Waals surface area contributed by atoms with E-state index in [1.165, 1.54) is 11.3 Å². The van der Waals surface area contributed by atoms with E-state index in [0.29, 0.717) is 12.2 Å². The van der Waals surface area contributed by atoms with Gasteiger partial charge in [0, 0.05) is 23.3 Å². The summed E-state index contributed by atoms with van der Waals surface area (Å²) in [6.07, 6.45) is 0. The normalized spacial score (nSPS) is 11.3. The van der Waals surface area contributed by atoms with Crippen molar-refractivity contribution in [1.29, 1.82) is 0 Å². The van der Waals surface area contributed by atoms with Crippen molar-refractivity contribution in [3.8, 4) is 10.7 Å². The number of carbonyl (C=O) groups is 1.